The molecule has 0 unspecified atom stereocenters. The van der Waals surface area contributed by atoms with Crippen LogP contribution in [0.3, 0.4) is 0 Å². The summed E-state index contributed by atoms with van der Waals surface area (Å²) in [5.41, 5.74) is 0. The van der Waals surface area contributed by atoms with Gasteiger partial charge in [0.2, 0.25) is 0 Å². The van der Waals surface area contributed by atoms with Crippen molar-refractivity contribution in [3.05, 3.63) is 24.3 Å². The lowest BCUT2D eigenvalue weighted by Gasteiger charge is -2.19. The largest absolute Gasteiger partial charge is 0.508 e. The number of rotatable bonds is 12. The summed E-state index contributed by atoms with van der Waals surface area (Å²) < 4.78 is 5.58. The average Bonchev–Trinajstić information content (AvgIpc) is 2.48. The zero-order chi connectivity index (χ0) is 15.3. The molecule has 1 aromatic rings. The van der Waals surface area contributed by atoms with Gasteiger partial charge in [-0.1, -0.05) is 12.8 Å². The summed E-state index contributed by atoms with van der Waals surface area (Å²) in [4.78, 5) is 2.08. The number of phenols is 1. The molecular weight excluding hydrogens is 270 g/mol. The van der Waals surface area contributed by atoms with E-state index in [4.69, 9.17) is 20.1 Å². The maximum Gasteiger partial charge on any atom is 0.119 e. The van der Waals surface area contributed by atoms with Gasteiger partial charge in [-0.2, -0.15) is 0 Å². The molecule has 1 rings (SSSR count). The number of ether oxygens (including phenoxy) is 1. The topological polar surface area (TPSA) is 73.2 Å². The Hall–Kier alpha value is -1.30. The van der Waals surface area contributed by atoms with Crippen molar-refractivity contribution in [1.29, 1.82) is 0 Å². The van der Waals surface area contributed by atoms with Crippen LogP contribution in [-0.2, 0) is 0 Å². The van der Waals surface area contributed by atoms with Gasteiger partial charge < -0.3 is 20.1 Å². The molecule has 3 N–H and O–H groups in total. The first kappa shape index (κ1) is 17.8. The molecular formula is C16H27NO4. The number of benzene rings is 1. The Balaban J connectivity index is 2.00. The van der Waals surface area contributed by atoms with Gasteiger partial charge in [0.05, 0.1) is 19.8 Å². The maximum atomic E-state index is 9.16. The Morgan fingerprint density at radius 2 is 1.43 bits per heavy atom. The van der Waals surface area contributed by atoms with Gasteiger partial charge in [0.15, 0.2) is 0 Å². The molecule has 0 aliphatic rings. The molecule has 1 aromatic carbocycles. The van der Waals surface area contributed by atoms with E-state index >= 15 is 0 Å². The summed E-state index contributed by atoms with van der Waals surface area (Å²) in [6, 6.07) is 6.76. The molecule has 0 aliphatic heterocycles. The van der Waals surface area contributed by atoms with E-state index in [-0.39, 0.29) is 19.0 Å². The van der Waals surface area contributed by atoms with Crippen LogP contribution >= 0.6 is 0 Å². The zero-order valence-corrected chi connectivity index (χ0v) is 12.6. The molecule has 0 radical (unpaired) electrons. The molecule has 21 heavy (non-hydrogen) atoms. The molecule has 0 spiro atoms. The lowest BCUT2D eigenvalue weighted by atomic mass is 10.2. The molecule has 0 heterocycles. The molecule has 0 aliphatic carbocycles. The van der Waals surface area contributed by atoms with Crippen LogP contribution in [0.15, 0.2) is 24.3 Å². The first-order chi connectivity index (χ1) is 10.3. The van der Waals surface area contributed by atoms with E-state index < -0.39 is 0 Å². The second-order valence-corrected chi connectivity index (χ2v) is 5.05. The predicted molar refractivity (Wildman–Crippen MR) is 82.7 cm³/mol. The van der Waals surface area contributed by atoms with Crippen LogP contribution in [0.5, 0.6) is 11.5 Å². The highest BCUT2D eigenvalue weighted by molar-refractivity contribution is 5.29. The van der Waals surface area contributed by atoms with Crippen molar-refractivity contribution in [2.24, 2.45) is 0 Å². The number of unbranched alkanes of at least 4 members (excludes halogenated alkanes) is 3. The van der Waals surface area contributed by atoms with E-state index in [1.54, 1.807) is 24.3 Å². The third-order valence-corrected chi connectivity index (χ3v) is 3.31. The Labute approximate surface area is 126 Å². The monoisotopic (exact) mass is 297 g/mol. The number of phenolic OH excluding ortho intramolecular Hbond substituents is 1. The van der Waals surface area contributed by atoms with Crippen molar-refractivity contribution >= 4 is 0 Å². The normalized spacial score (nSPS) is 11.0. The van der Waals surface area contributed by atoms with Crippen LogP contribution in [0.4, 0.5) is 0 Å². The fraction of sp³-hybridized carbons (Fsp3) is 0.625. The first-order valence-corrected chi connectivity index (χ1v) is 7.62. The van der Waals surface area contributed by atoms with E-state index in [0.29, 0.717) is 19.7 Å². The van der Waals surface area contributed by atoms with E-state index in [1.807, 2.05) is 0 Å². The van der Waals surface area contributed by atoms with E-state index in [9.17, 15) is 0 Å². The Morgan fingerprint density at radius 3 is 2.05 bits per heavy atom. The van der Waals surface area contributed by atoms with Gasteiger partial charge in [-0.25, -0.2) is 0 Å². The highest BCUT2D eigenvalue weighted by Gasteiger charge is 2.02. The smallest absolute Gasteiger partial charge is 0.119 e. The zero-order valence-electron chi connectivity index (χ0n) is 12.6. The molecule has 0 aromatic heterocycles. The lowest BCUT2D eigenvalue weighted by molar-refractivity contribution is 0.159. The van der Waals surface area contributed by atoms with Crippen LogP contribution in [0.2, 0.25) is 0 Å². The van der Waals surface area contributed by atoms with Crippen molar-refractivity contribution in [2.45, 2.75) is 25.7 Å². The first-order valence-electron chi connectivity index (χ1n) is 7.62. The molecule has 0 saturated heterocycles. The maximum absolute atomic E-state index is 9.16. The molecule has 0 fully saturated rings. The summed E-state index contributed by atoms with van der Waals surface area (Å²) >= 11 is 0. The number of aliphatic hydroxyl groups is 2. The molecule has 0 amide bonds. The summed E-state index contributed by atoms with van der Waals surface area (Å²) in [5.74, 6) is 1.03. The van der Waals surface area contributed by atoms with Gasteiger partial charge in [-0.05, 0) is 43.7 Å². The third kappa shape index (κ3) is 8.55. The van der Waals surface area contributed by atoms with Gasteiger partial charge in [-0.3, -0.25) is 4.90 Å². The standard InChI is InChI=1S/C16H27NO4/c18-12-10-17(11-13-19)9-3-1-2-4-14-21-16-7-5-15(20)6-8-16/h5-8,18-20H,1-4,9-14H2. The van der Waals surface area contributed by atoms with Crippen molar-refractivity contribution in [3.8, 4) is 11.5 Å². The molecule has 5 heteroatoms. The second-order valence-electron chi connectivity index (χ2n) is 5.05. The summed E-state index contributed by atoms with van der Waals surface area (Å²) in [7, 11) is 0. The Morgan fingerprint density at radius 1 is 0.810 bits per heavy atom. The predicted octanol–water partition coefficient (Wildman–Crippen LogP) is 1.62. The van der Waals surface area contributed by atoms with Gasteiger partial charge in [0, 0.05) is 13.1 Å². The van der Waals surface area contributed by atoms with Crippen LogP contribution in [-0.4, -0.2) is 59.7 Å². The second kappa shape index (κ2) is 11.4. The molecule has 0 saturated carbocycles. The fourth-order valence-electron chi connectivity index (χ4n) is 2.14. The van der Waals surface area contributed by atoms with Crippen LogP contribution in [0, 0.1) is 0 Å². The summed E-state index contributed by atoms with van der Waals surface area (Å²) in [6.07, 6.45) is 4.29. The van der Waals surface area contributed by atoms with Crippen LogP contribution in [0.25, 0.3) is 0 Å². The van der Waals surface area contributed by atoms with Gasteiger partial charge in [0.1, 0.15) is 11.5 Å². The van der Waals surface area contributed by atoms with Crippen molar-refractivity contribution in [3.63, 3.8) is 0 Å². The number of hydrogen-bond acceptors (Lipinski definition) is 5. The van der Waals surface area contributed by atoms with E-state index in [1.165, 1.54) is 0 Å². The summed E-state index contributed by atoms with van der Waals surface area (Å²) in [5, 5.41) is 27.0. The van der Waals surface area contributed by atoms with Crippen molar-refractivity contribution in [2.75, 3.05) is 39.5 Å². The molecule has 120 valence electrons. The lowest BCUT2D eigenvalue weighted by Crippen LogP contribution is -2.30. The van der Waals surface area contributed by atoms with Crippen molar-refractivity contribution < 1.29 is 20.1 Å². The quantitative estimate of drug-likeness (QED) is 0.511. The minimum atomic E-state index is 0.139. The van der Waals surface area contributed by atoms with E-state index in [0.717, 1.165) is 38.0 Å². The van der Waals surface area contributed by atoms with E-state index in [2.05, 4.69) is 4.90 Å². The fourth-order valence-corrected chi connectivity index (χ4v) is 2.14. The minimum Gasteiger partial charge on any atom is -0.508 e. The molecule has 0 atom stereocenters. The third-order valence-electron chi connectivity index (χ3n) is 3.31. The highest BCUT2D eigenvalue weighted by atomic mass is 16.5. The minimum absolute atomic E-state index is 0.139. The van der Waals surface area contributed by atoms with Crippen molar-refractivity contribution in [1.82, 2.24) is 4.90 Å². The number of hydrogen-bond donors (Lipinski definition) is 3. The molecule has 5 nitrogen and oxygen atoms in total. The molecule has 0 bridgehead atoms. The SMILES string of the molecule is OCCN(CCO)CCCCCCOc1ccc(O)cc1. The van der Waals surface area contributed by atoms with Crippen LogP contribution in [0.1, 0.15) is 25.7 Å². The highest BCUT2D eigenvalue weighted by Crippen LogP contribution is 2.16. The van der Waals surface area contributed by atoms with Gasteiger partial charge in [-0.15, -0.1) is 0 Å². The van der Waals surface area contributed by atoms with Gasteiger partial charge >= 0.3 is 0 Å². The van der Waals surface area contributed by atoms with Crippen LogP contribution < -0.4 is 4.74 Å². The number of aromatic hydroxyl groups is 1. The summed E-state index contributed by atoms with van der Waals surface area (Å²) in [6.45, 7) is 3.14. The number of nitrogens with zero attached hydrogens (tertiary/aromatic N) is 1. The Bertz CT molecular complexity index is 350. The Kier molecular flexibility index (Phi) is 9.61. The number of aliphatic hydroxyl groups excluding tert-OH is 2. The average molecular weight is 297 g/mol. The van der Waals surface area contributed by atoms with Gasteiger partial charge in [0.25, 0.3) is 0 Å².